The number of halogens is 4. The summed E-state index contributed by atoms with van der Waals surface area (Å²) in [6.45, 7) is -1.42. The van der Waals surface area contributed by atoms with E-state index in [-0.39, 0.29) is 22.8 Å². The summed E-state index contributed by atoms with van der Waals surface area (Å²) >= 11 is 0. The molecule has 0 atom stereocenters. The maximum absolute atomic E-state index is 14.9. The molecule has 1 aromatic carbocycles. The lowest BCUT2D eigenvalue weighted by atomic mass is 10.2. The third-order valence-electron chi connectivity index (χ3n) is 4.34. The van der Waals surface area contributed by atoms with Crippen molar-refractivity contribution in [1.29, 1.82) is 0 Å². The van der Waals surface area contributed by atoms with Crippen LogP contribution in [0.25, 0.3) is 22.8 Å². The fraction of sp³-hybridized carbons (Fsp3) is 0.158. The summed E-state index contributed by atoms with van der Waals surface area (Å²) < 4.78 is 61.6. The van der Waals surface area contributed by atoms with Gasteiger partial charge in [-0.15, -0.1) is 0 Å². The number of methoxy groups -OCH3 is 1. The highest BCUT2D eigenvalue weighted by molar-refractivity contribution is 5.56. The van der Waals surface area contributed by atoms with E-state index in [1.807, 2.05) is 0 Å². The lowest BCUT2D eigenvalue weighted by molar-refractivity contribution is -0.142. The van der Waals surface area contributed by atoms with Crippen molar-refractivity contribution in [2.24, 2.45) is 0 Å². The molecule has 0 spiro atoms. The maximum Gasteiger partial charge on any atom is 0.408 e. The summed E-state index contributed by atoms with van der Waals surface area (Å²) in [6.07, 6.45) is 0.881. The van der Waals surface area contributed by atoms with Gasteiger partial charge in [0.05, 0.1) is 24.7 Å². The number of rotatable bonds is 5. The molecule has 3 heterocycles. The molecule has 0 amide bonds. The molecule has 4 rings (SSSR count). The van der Waals surface area contributed by atoms with Crippen LogP contribution in [0.1, 0.15) is 0 Å². The Hall–Kier alpha value is -3.96. The number of alkyl halides is 3. The van der Waals surface area contributed by atoms with Gasteiger partial charge in [-0.3, -0.25) is 9.48 Å². The summed E-state index contributed by atoms with van der Waals surface area (Å²) in [6, 6.07) is 7.08. The summed E-state index contributed by atoms with van der Waals surface area (Å²) in [5.74, 6) is -0.915. The van der Waals surface area contributed by atoms with Crippen LogP contribution >= 0.6 is 0 Å². The molecule has 8 nitrogen and oxygen atoms in total. The van der Waals surface area contributed by atoms with E-state index in [9.17, 15) is 22.4 Å². The van der Waals surface area contributed by atoms with E-state index in [1.54, 1.807) is 18.3 Å². The molecule has 0 saturated heterocycles. The summed E-state index contributed by atoms with van der Waals surface area (Å²) in [5, 5.41) is 11.7. The Balaban J connectivity index is 1.83. The molecule has 31 heavy (non-hydrogen) atoms. The molecule has 0 N–H and O–H groups in total. The van der Waals surface area contributed by atoms with Crippen LogP contribution in [0.5, 0.6) is 5.75 Å². The molecule has 0 aliphatic rings. The van der Waals surface area contributed by atoms with Gasteiger partial charge in [0.15, 0.2) is 17.3 Å². The Morgan fingerprint density at radius 1 is 1.10 bits per heavy atom. The molecule has 4 aromatic rings. The lowest BCUT2D eigenvalue weighted by Gasteiger charge is -2.13. The molecule has 0 fully saturated rings. The van der Waals surface area contributed by atoms with E-state index >= 15 is 0 Å². The molecule has 0 saturated carbocycles. The fourth-order valence-electron chi connectivity index (χ4n) is 2.98. The Kier molecular flexibility index (Phi) is 5.05. The van der Waals surface area contributed by atoms with Gasteiger partial charge in [0.2, 0.25) is 0 Å². The van der Waals surface area contributed by atoms with E-state index in [4.69, 9.17) is 4.74 Å². The SMILES string of the molecule is COc1cn(-c2ccc(-n3cccn3)cc2F)nc(-c2ccnn2CC(F)(F)F)c1=O. The Bertz CT molecular complexity index is 1280. The molecular weight excluding hydrogens is 420 g/mol. The molecular formula is C19H14F4N6O2. The molecule has 0 aliphatic heterocycles. The van der Waals surface area contributed by atoms with Crippen molar-refractivity contribution in [2.45, 2.75) is 12.7 Å². The highest BCUT2D eigenvalue weighted by atomic mass is 19.4. The minimum absolute atomic E-state index is 0.0441. The Morgan fingerprint density at radius 2 is 1.90 bits per heavy atom. The second-order valence-electron chi connectivity index (χ2n) is 6.40. The standard InChI is InChI=1S/C19H14F4N6O2/c1-31-16-10-28(14-4-3-12(9-13(14)20)27-8-2-6-24-27)26-17(18(16)30)15-5-7-25-29(15)11-19(21,22)23/h2-10H,11H2,1H3. The predicted octanol–water partition coefficient (Wildman–Crippen LogP) is 2.99. The van der Waals surface area contributed by atoms with Crippen LogP contribution in [0.4, 0.5) is 17.6 Å². The minimum atomic E-state index is -4.56. The first-order chi connectivity index (χ1) is 14.8. The molecule has 160 valence electrons. The van der Waals surface area contributed by atoms with Crippen molar-refractivity contribution < 1.29 is 22.3 Å². The average Bonchev–Trinajstić information content (AvgIpc) is 3.39. The number of ether oxygens (including phenoxy) is 1. The van der Waals surface area contributed by atoms with Crippen molar-refractivity contribution >= 4 is 0 Å². The van der Waals surface area contributed by atoms with Crippen molar-refractivity contribution in [3.63, 3.8) is 0 Å². The van der Waals surface area contributed by atoms with E-state index in [2.05, 4.69) is 15.3 Å². The second-order valence-corrected chi connectivity index (χ2v) is 6.40. The smallest absolute Gasteiger partial charge is 0.408 e. The molecule has 12 heteroatoms. The first-order valence-electron chi connectivity index (χ1n) is 8.83. The lowest BCUT2D eigenvalue weighted by Crippen LogP contribution is -2.22. The summed E-state index contributed by atoms with van der Waals surface area (Å²) in [5.41, 5.74) is -0.892. The monoisotopic (exact) mass is 434 g/mol. The number of hydrogen-bond donors (Lipinski definition) is 0. The predicted molar refractivity (Wildman–Crippen MR) is 101 cm³/mol. The zero-order chi connectivity index (χ0) is 22.2. The van der Waals surface area contributed by atoms with E-state index in [1.165, 1.54) is 36.2 Å². The molecule has 0 bridgehead atoms. The van der Waals surface area contributed by atoms with Crippen LogP contribution < -0.4 is 10.2 Å². The summed E-state index contributed by atoms with van der Waals surface area (Å²) in [7, 11) is 1.22. The third-order valence-corrected chi connectivity index (χ3v) is 4.34. The highest BCUT2D eigenvalue weighted by Crippen LogP contribution is 2.24. The van der Waals surface area contributed by atoms with E-state index in [0.29, 0.717) is 10.4 Å². The number of benzene rings is 1. The normalized spacial score (nSPS) is 11.6. The van der Waals surface area contributed by atoms with Crippen LogP contribution in [-0.2, 0) is 6.54 Å². The van der Waals surface area contributed by atoms with Gasteiger partial charge in [0, 0.05) is 24.7 Å². The summed E-state index contributed by atoms with van der Waals surface area (Å²) in [4.78, 5) is 12.7. The van der Waals surface area contributed by atoms with Crippen LogP contribution in [0, 0.1) is 5.82 Å². The van der Waals surface area contributed by atoms with Crippen molar-refractivity contribution in [3.8, 4) is 28.5 Å². The molecule has 0 radical (unpaired) electrons. The van der Waals surface area contributed by atoms with Gasteiger partial charge in [-0.1, -0.05) is 0 Å². The van der Waals surface area contributed by atoms with Crippen LogP contribution in [0.3, 0.4) is 0 Å². The van der Waals surface area contributed by atoms with Gasteiger partial charge in [-0.25, -0.2) is 13.8 Å². The third kappa shape index (κ3) is 4.04. The van der Waals surface area contributed by atoms with Crippen molar-refractivity contribution in [1.82, 2.24) is 29.3 Å². The van der Waals surface area contributed by atoms with Gasteiger partial charge < -0.3 is 4.74 Å². The average molecular weight is 434 g/mol. The van der Waals surface area contributed by atoms with Gasteiger partial charge in [0.1, 0.15) is 12.2 Å². The van der Waals surface area contributed by atoms with Crippen molar-refractivity contribution in [2.75, 3.05) is 7.11 Å². The van der Waals surface area contributed by atoms with Gasteiger partial charge in [-0.05, 0) is 24.3 Å². The Morgan fingerprint density at radius 3 is 2.55 bits per heavy atom. The van der Waals surface area contributed by atoms with Gasteiger partial charge in [0.25, 0.3) is 5.43 Å². The van der Waals surface area contributed by atoms with Gasteiger partial charge >= 0.3 is 6.18 Å². The molecule has 3 aromatic heterocycles. The molecule has 0 aliphatic carbocycles. The van der Waals surface area contributed by atoms with Crippen LogP contribution in [0.2, 0.25) is 0 Å². The van der Waals surface area contributed by atoms with Crippen molar-refractivity contribution in [3.05, 3.63) is 71.2 Å². The zero-order valence-corrected chi connectivity index (χ0v) is 15.9. The molecule has 0 unspecified atom stereocenters. The van der Waals surface area contributed by atoms with Crippen LogP contribution in [0.15, 0.2) is 59.9 Å². The topological polar surface area (TPSA) is 79.8 Å². The van der Waals surface area contributed by atoms with E-state index < -0.39 is 24.0 Å². The largest absolute Gasteiger partial charge is 0.491 e. The maximum atomic E-state index is 14.9. The fourth-order valence-corrected chi connectivity index (χ4v) is 2.98. The minimum Gasteiger partial charge on any atom is -0.491 e. The second kappa shape index (κ2) is 7.70. The Labute approximate surface area is 171 Å². The van der Waals surface area contributed by atoms with E-state index in [0.717, 1.165) is 17.1 Å². The highest BCUT2D eigenvalue weighted by Gasteiger charge is 2.30. The first-order valence-corrected chi connectivity index (χ1v) is 8.83. The van der Waals surface area contributed by atoms with Gasteiger partial charge in [-0.2, -0.15) is 28.5 Å². The number of nitrogens with zero attached hydrogens (tertiary/aromatic N) is 6. The first kappa shape index (κ1) is 20.3. The van der Waals surface area contributed by atoms with Crippen LogP contribution in [-0.4, -0.2) is 42.6 Å². The quantitative estimate of drug-likeness (QED) is 0.451. The zero-order valence-electron chi connectivity index (χ0n) is 15.9. The number of hydrogen-bond acceptors (Lipinski definition) is 5. The number of aromatic nitrogens is 6.